The first-order valence-corrected chi connectivity index (χ1v) is 4.34. The van der Waals surface area contributed by atoms with Crippen molar-refractivity contribution in [3.05, 3.63) is 0 Å². The van der Waals surface area contributed by atoms with Crippen LogP contribution in [0.1, 0.15) is 13.8 Å². The molecule has 0 aromatic carbocycles. The Kier molecular flexibility index (Phi) is 3.30. The summed E-state index contributed by atoms with van der Waals surface area (Å²) in [5.41, 5.74) is 0. The van der Waals surface area contributed by atoms with Crippen LogP contribution in [0.5, 0.6) is 0 Å². The Morgan fingerprint density at radius 3 is 2.27 bits per heavy atom. The second kappa shape index (κ2) is 4.04. The quantitative estimate of drug-likeness (QED) is 0.587. The molecule has 1 atom stereocenters. The summed E-state index contributed by atoms with van der Waals surface area (Å²) >= 11 is 0. The standard InChI is InChI=1S/C8H18N2O/c1-7(2)8(11)10-5-3-9-4-6-10/h7-9,11H,3-6H2,1-2H3/t8-/m0/s1. The normalized spacial score (nSPS) is 24.0. The van der Waals surface area contributed by atoms with Crippen molar-refractivity contribution in [2.75, 3.05) is 26.2 Å². The molecule has 0 aromatic heterocycles. The van der Waals surface area contributed by atoms with Gasteiger partial charge in [-0.3, -0.25) is 4.90 Å². The molecule has 0 unspecified atom stereocenters. The molecule has 11 heavy (non-hydrogen) atoms. The number of hydrogen-bond donors (Lipinski definition) is 2. The lowest BCUT2D eigenvalue weighted by Crippen LogP contribution is -2.50. The highest BCUT2D eigenvalue weighted by Gasteiger charge is 2.19. The van der Waals surface area contributed by atoms with Crippen LogP contribution in [-0.4, -0.2) is 42.4 Å². The number of piperazine rings is 1. The molecule has 0 amide bonds. The van der Waals surface area contributed by atoms with Gasteiger partial charge in [-0.2, -0.15) is 0 Å². The van der Waals surface area contributed by atoms with Crippen LogP contribution in [0.3, 0.4) is 0 Å². The fraction of sp³-hybridized carbons (Fsp3) is 1.00. The summed E-state index contributed by atoms with van der Waals surface area (Å²) in [5, 5.41) is 12.9. The molecular weight excluding hydrogens is 140 g/mol. The predicted octanol–water partition coefficient (Wildman–Crippen LogP) is -0.134. The molecule has 0 bridgehead atoms. The summed E-state index contributed by atoms with van der Waals surface area (Å²) in [6.07, 6.45) is -0.253. The van der Waals surface area contributed by atoms with E-state index < -0.39 is 0 Å². The molecule has 3 heteroatoms. The van der Waals surface area contributed by atoms with Gasteiger partial charge in [0.25, 0.3) is 0 Å². The summed E-state index contributed by atoms with van der Waals surface area (Å²) in [5.74, 6) is 0.341. The molecular formula is C8H18N2O. The van der Waals surface area contributed by atoms with E-state index in [4.69, 9.17) is 0 Å². The Balaban J connectivity index is 2.32. The zero-order chi connectivity index (χ0) is 8.27. The topological polar surface area (TPSA) is 35.5 Å². The van der Waals surface area contributed by atoms with Crippen molar-refractivity contribution in [2.24, 2.45) is 5.92 Å². The number of nitrogens with one attached hydrogen (secondary N) is 1. The average molecular weight is 158 g/mol. The highest BCUT2D eigenvalue weighted by Crippen LogP contribution is 2.07. The maximum atomic E-state index is 9.65. The zero-order valence-electron chi connectivity index (χ0n) is 7.38. The molecule has 0 aromatic rings. The predicted molar refractivity (Wildman–Crippen MR) is 45.3 cm³/mol. The summed E-state index contributed by atoms with van der Waals surface area (Å²) in [4.78, 5) is 2.13. The van der Waals surface area contributed by atoms with E-state index in [-0.39, 0.29) is 6.23 Å². The minimum Gasteiger partial charge on any atom is -0.378 e. The summed E-state index contributed by atoms with van der Waals surface area (Å²) in [6.45, 7) is 8.05. The van der Waals surface area contributed by atoms with E-state index in [1.165, 1.54) is 0 Å². The second-order valence-electron chi connectivity index (χ2n) is 3.44. The van der Waals surface area contributed by atoms with Gasteiger partial charge in [-0.1, -0.05) is 13.8 Å². The van der Waals surface area contributed by atoms with Gasteiger partial charge in [0.05, 0.1) is 0 Å². The smallest absolute Gasteiger partial charge is 0.109 e. The van der Waals surface area contributed by atoms with E-state index in [1.54, 1.807) is 0 Å². The highest BCUT2D eigenvalue weighted by molar-refractivity contribution is 4.71. The number of hydrogen-bond acceptors (Lipinski definition) is 3. The molecule has 3 nitrogen and oxygen atoms in total. The van der Waals surface area contributed by atoms with Gasteiger partial charge in [-0.15, -0.1) is 0 Å². The average Bonchev–Trinajstić information content (AvgIpc) is 2.05. The van der Waals surface area contributed by atoms with Gasteiger partial charge >= 0.3 is 0 Å². The van der Waals surface area contributed by atoms with Gasteiger partial charge in [0, 0.05) is 26.2 Å². The number of nitrogens with zero attached hydrogens (tertiary/aromatic N) is 1. The van der Waals surface area contributed by atoms with Gasteiger partial charge in [-0.05, 0) is 5.92 Å². The first-order chi connectivity index (χ1) is 5.22. The lowest BCUT2D eigenvalue weighted by atomic mass is 10.1. The van der Waals surface area contributed by atoms with Crippen LogP contribution in [0, 0.1) is 5.92 Å². The van der Waals surface area contributed by atoms with E-state index in [9.17, 15) is 5.11 Å². The fourth-order valence-electron chi connectivity index (χ4n) is 1.37. The first kappa shape index (κ1) is 8.97. The molecule has 0 radical (unpaired) electrons. The Morgan fingerprint density at radius 2 is 1.82 bits per heavy atom. The summed E-state index contributed by atoms with van der Waals surface area (Å²) < 4.78 is 0. The van der Waals surface area contributed by atoms with E-state index >= 15 is 0 Å². The molecule has 1 aliphatic heterocycles. The van der Waals surface area contributed by atoms with E-state index in [1.807, 2.05) is 13.8 Å². The van der Waals surface area contributed by atoms with Crippen LogP contribution in [0.25, 0.3) is 0 Å². The molecule has 1 rings (SSSR count). The van der Waals surface area contributed by atoms with Gasteiger partial charge in [-0.25, -0.2) is 0 Å². The third-order valence-corrected chi connectivity index (χ3v) is 2.12. The zero-order valence-corrected chi connectivity index (χ0v) is 7.38. The van der Waals surface area contributed by atoms with Gasteiger partial charge in [0.1, 0.15) is 6.23 Å². The van der Waals surface area contributed by atoms with Crippen LogP contribution < -0.4 is 5.32 Å². The van der Waals surface area contributed by atoms with Crippen molar-refractivity contribution >= 4 is 0 Å². The molecule has 0 spiro atoms. The molecule has 1 saturated heterocycles. The summed E-state index contributed by atoms with van der Waals surface area (Å²) in [7, 11) is 0. The Morgan fingerprint density at radius 1 is 1.27 bits per heavy atom. The molecule has 0 saturated carbocycles. The number of aliphatic hydroxyl groups is 1. The van der Waals surface area contributed by atoms with Crippen LogP contribution in [0.4, 0.5) is 0 Å². The van der Waals surface area contributed by atoms with Crippen LogP contribution in [0.2, 0.25) is 0 Å². The van der Waals surface area contributed by atoms with Crippen LogP contribution in [0.15, 0.2) is 0 Å². The van der Waals surface area contributed by atoms with Crippen molar-refractivity contribution in [1.29, 1.82) is 0 Å². The number of aliphatic hydroxyl groups excluding tert-OH is 1. The molecule has 2 N–H and O–H groups in total. The highest BCUT2D eigenvalue weighted by atomic mass is 16.3. The molecule has 66 valence electrons. The van der Waals surface area contributed by atoms with Crippen molar-refractivity contribution in [2.45, 2.75) is 20.1 Å². The maximum Gasteiger partial charge on any atom is 0.109 e. The third kappa shape index (κ3) is 2.43. The van der Waals surface area contributed by atoms with Crippen molar-refractivity contribution < 1.29 is 5.11 Å². The van der Waals surface area contributed by atoms with Crippen LogP contribution in [-0.2, 0) is 0 Å². The molecule has 1 fully saturated rings. The van der Waals surface area contributed by atoms with Gasteiger partial charge in [0.15, 0.2) is 0 Å². The molecule has 0 aliphatic carbocycles. The number of rotatable bonds is 2. The largest absolute Gasteiger partial charge is 0.378 e. The van der Waals surface area contributed by atoms with Crippen molar-refractivity contribution in [1.82, 2.24) is 10.2 Å². The Hall–Kier alpha value is -0.120. The first-order valence-electron chi connectivity index (χ1n) is 4.34. The Labute approximate surface area is 68.4 Å². The van der Waals surface area contributed by atoms with E-state index in [0.717, 1.165) is 26.2 Å². The lowest BCUT2D eigenvalue weighted by Gasteiger charge is -2.33. The lowest BCUT2D eigenvalue weighted by molar-refractivity contribution is -0.0353. The minimum absolute atomic E-state index is 0.253. The van der Waals surface area contributed by atoms with E-state index in [2.05, 4.69) is 10.2 Å². The summed E-state index contributed by atoms with van der Waals surface area (Å²) in [6, 6.07) is 0. The van der Waals surface area contributed by atoms with Crippen molar-refractivity contribution in [3.8, 4) is 0 Å². The van der Waals surface area contributed by atoms with Gasteiger partial charge < -0.3 is 10.4 Å². The second-order valence-corrected chi connectivity index (χ2v) is 3.44. The molecule has 1 aliphatic rings. The van der Waals surface area contributed by atoms with Gasteiger partial charge in [0.2, 0.25) is 0 Å². The SMILES string of the molecule is CC(C)[C@H](O)N1CCNCC1. The fourth-order valence-corrected chi connectivity index (χ4v) is 1.37. The van der Waals surface area contributed by atoms with Crippen LogP contribution >= 0.6 is 0 Å². The monoisotopic (exact) mass is 158 g/mol. The molecule has 1 heterocycles. The third-order valence-electron chi connectivity index (χ3n) is 2.12. The maximum absolute atomic E-state index is 9.65. The minimum atomic E-state index is -0.253. The Bertz CT molecular complexity index is 111. The van der Waals surface area contributed by atoms with E-state index in [0.29, 0.717) is 5.92 Å². The van der Waals surface area contributed by atoms with Crippen molar-refractivity contribution in [3.63, 3.8) is 0 Å².